The molecule has 0 aromatic heterocycles. The molecule has 18 heavy (non-hydrogen) atoms. The smallest absolute Gasteiger partial charge is 0.126 e. The summed E-state index contributed by atoms with van der Waals surface area (Å²) in [5.74, 6) is -0.978. The van der Waals surface area contributed by atoms with Crippen LogP contribution in [0.25, 0.3) is 0 Å². The minimum Gasteiger partial charge on any atom is -0.311 e. The van der Waals surface area contributed by atoms with E-state index in [1.165, 1.54) is 12.1 Å². The number of hydrogen-bond donors (Lipinski definition) is 1. The Kier molecular flexibility index (Phi) is 4.66. The summed E-state index contributed by atoms with van der Waals surface area (Å²) < 4.78 is 26.1. The highest BCUT2D eigenvalue weighted by Crippen LogP contribution is 2.10. The van der Waals surface area contributed by atoms with Crippen LogP contribution in [0.3, 0.4) is 0 Å². The molecule has 0 aliphatic carbocycles. The lowest BCUT2D eigenvalue weighted by Crippen LogP contribution is -2.50. The van der Waals surface area contributed by atoms with Gasteiger partial charge in [0.2, 0.25) is 0 Å². The molecule has 0 amide bonds. The van der Waals surface area contributed by atoms with Gasteiger partial charge in [-0.25, -0.2) is 8.78 Å². The Morgan fingerprint density at radius 1 is 1.28 bits per heavy atom. The predicted octanol–water partition coefficient (Wildman–Crippen LogP) is 2.19. The van der Waals surface area contributed by atoms with E-state index in [4.69, 9.17) is 0 Å². The van der Waals surface area contributed by atoms with Gasteiger partial charge in [0.05, 0.1) is 0 Å². The molecule has 1 aromatic carbocycles. The molecule has 0 radical (unpaired) electrons. The molecular weight excluding hydrogens is 234 g/mol. The van der Waals surface area contributed by atoms with Crippen LogP contribution in [0.4, 0.5) is 8.78 Å². The molecule has 1 aliphatic rings. The average Bonchev–Trinajstić information content (AvgIpc) is 2.35. The van der Waals surface area contributed by atoms with Crippen LogP contribution in [0.1, 0.15) is 18.9 Å². The molecule has 2 rings (SSSR count). The number of nitrogens with one attached hydrogen (secondary N) is 1. The van der Waals surface area contributed by atoms with Gasteiger partial charge in [-0.3, -0.25) is 0 Å². The quantitative estimate of drug-likeness (QED) is 0.886. The number of hydrogen-bond acceptors (Lipinski definition) is 2. The first-order chi connectivity index (χ1) is 8.67. The molecule has 2 nitrogen and oxygen atoms in total. The predicted molar refractivity (Wildman–Crippen MR) is 68.6 cm³/mol. The van der Waals surface area contributed by atoms with Crippen molar-refractivity contribution in [3.63, 3.8) is 0 Å². The highest BCUT2D eigenvalue weighted by molar-refractivity contribution is 5.18. The normalized spacial score (nSPS) is 21.2. The first-order valence-electron chi connectivity index (χ1n) is 6.58. The number of nitrogens with zero attached hydrogens (tertiary/aromatic N) is 1. The maximum Gasteiger partial charge on any atom is 0.126 e. The summed E-state index contributed by atoms with van der Waals surface area (Å²) in [4.78, 5) is 2.35. The monoisotopic (exact) mass is 254 g/mol. The number of benzene rings is 1. The van der Waals surface area contributed by atoms with E-state index < -0.39 is 11.6 Å². The molecule has 100 valence electrons. The second-order valence-electron chi connectivity index (χ2n) is 4.89. The van der Waals surface area contributed by atoms with Gasteiger partial charge in [0.25, 0.3) is 0 Å². The number of halogens is 2. The van der Waals surface area contributed by atoms with Crippen LogP contribution in [0.5, 0.6) is 0 Å². The second kappa shape index (κ2) is 6.25. The van der Waals surface area contributed by atoms with Crippen LogP contribution in [0.2, 0.25) is 0 Å². The maximum absolute atomic E-state index is 13.0. The van der Waals surface area contributed by atoms with Gasteiger partial charge < -0.3 is 10.2 Å². The lowest BCUT2D eigenvalue weighted by molar-refractivity contribution is 0.199. The van der Waals surface area contributed by atoms with Gasteiger partial charge in [0, 0.05) is 38.3 Å². The average molecular weight is 254 g/mol. The van der Waals surface area contributed by atoms with E-state index >= 15 is 0 Å². The van der Waals surface area contributed by atoms with Crippen molar-refractivity contribution in [1.82, 2.24) is 10.2 Å². The van der Waals surface area contributed by atoms with Gasteiger partial charge in [-0.15, -0.1) is 0 Å². The van der Waals surface area contributed by atoms with E-state index in [1.54, 1.807) is 0 Å². The van der Waals surface area contributed by atoms with Crippen LogP contribution < -0.4 is 5.32 Å². The Balaban J connectivity index is 1.87. The highest BCUT2D eigenvalue weighted by Gasteiger charge is 2.17. The Morgan fingerprint density at radius 2 is 2.00 bits per heavy atom. The topological polar surface area (TPSA) is 15.3 Å². The minimum atomic E-state index is -0.489. The summed E-state index contributed by atoms with van der Waals surface area (Å²) in [6, 6.07) is 4.30. The fourth-order valence-electron chi connectivity index (χ4n) is 2.41. The second-order valence-corrected chi connectivity index (χ2v) is 4.89. The first kappa shape index (κ1) is 13.4. The zero-order valence-electron chi connectivity index (χ0n) is 10.8. The van der Waals surface area contributed by atoms with Gasteiger partial charge in [0.15, 0.2) is 0 Å². The molecule has 1 fully saturated rings. The van der Waals surface area contributed by atoms with E-state index in [9.17, 15) is 8.78 Å². The molecule has 1 aromatic rings. The third kappa shape index (κ3) is 3.75. The van der Waals surface area contributed by atoms with Crippen molar-refractivity contribution in [2.75, 3.05) is 26.2 Å². The molecule has 0 spiro atoms. The zero-order valence-corrected chi connectivity index (χ0v) is 10.8. The van der Waals surface area contributed by atoms with Crippen molar-refractivity contribution < 1.29 is 8.78 Å². The van der Waals surface area contributed by atoms with Gasteiger partial charge in [-0.1, -0.05) is 6.92 Å². The molecular formula is C14H20F2N2. The lowest BCUT2D eigenvalue weighted by atomic mass is 10.1. The zero-order chi connectivity index (χ0) is 13.0. The Morgan fingerprint density at radius 3 is 2.67 bits per heavy atom. The third-order valence-corrected chi connectivity index (χ3v) is 3.47. The molecule has 1 atom stereocenters. The Hall–Kier alpha value is -1.00. The van der Waals surface area contributed by atoms with E-state index in [2.05, 4.69) is 17.1 Å². The van der Waals surface area contributed by atoms with Crippen molar-refractivity contribution in [3.05, 3.63) is 35.4 Å². The maximum atomic E-state index is 13.0. The van der Waals surface area contributed by atoms with Gasteiger partial charge >= 0.3 is 0 Å². The van der Waals surface area contributed by atoms with Crippen LogP contribution in [-0.2, 0) is 6.42 Å². The van der Waals surface area contributed by atoms with Gasteiger partial charge in [-0.05, 0) is 30.5 Å². The van der Waals surface area contributed by atoms with Gasteiger partial charge in [-0.2, -0.15) is 0 Å². The summed E-state index contributed by atoms with van der Waals surface area (Å²) in [6.45, 7) is 6.06. The van der Waals surface area contributed by atoms with E-state index in [0.29, 0.717) is 12.5 Å². The van der Waals surface area contributed by atoms with Crippen molar-refractivity contribution >= 4 is 0 Å². The summed E-state index contributed by atoms with van der Waals surface area (Å²) in [7, 11) is 0. The summed E-state index contributed by atoms with van der Waals surface area (Å²) in [6.07, 6.45) is 1.82. The van der Waals surface area contributed by atoms with Crippen LogP contribution >= 0.6 is 0 Å². The molecule has 1 heterocycles. The minimum absolute atomic E-state index is 0.489. The summed E-state index contributed by atoms with van der Waals surface area (Å²) in [5, 5.41) is 3.45. The molecule has 0 saturated carbocycles. The first-order valence-corrected chi connectivity index (χ1v) is 6.58. The van der Waals surface area contributed by atoms with E-state index in [0.717, 1.165) is 44.2 Å². The van der Waals surface area contributed by atoms with Crippen molar-refractivity contribution in [2.45, 2.75) is 25.8 Å². The van der Waals surface area contributed by atoms with E-state index in [-0.39, 0.29) is 0 Å². The van der Waals surface area contributed by atoms with Crippen molar-refractivity contribution in [3.8, 4) is 0 Å². The fraction of sp³-hybridized carbons (Fsp3) is 0.571. The Labute approximate surface area is 107 Å². The van der Waals surface area contributed by atoms with Gasteiger partial charge in [0.1, 0.15) is 11.6 Å². The van der Waals surface area contributed by atoms with E-state index in [1.807, 2.05) is 0 Å². The molecule has 0 bridgehead atoms. The number of rotatable bonds is 4. The van der Waals surface area contributed by atoms with Crippen LogP contribution in [0, 0.1) is 11.6 Å². The largest absolute Gasteiger partial charge is 0.311 e. The highest BCUT2D eigenvalue weighted by atomic mass is 19.1. The fourth-order valence-corrected chi connectivity index (χ4v) is 2.41. The SMILES string of the molecule is CCC1CN(CCc2cc(F)cc(F)c2)CCN1. The molecule has 4 heteroatoms. The summed E-state index contributed by atoms with van der Waals surface area (Å²) in [5.41, 5.74) is 0.735. The van der Waals surface area contributed by atoms with Crippen molar-refractivity contribution in [2.24, 2.45) is 0 Å². The Bertz CT molecular complexity index is 375. The van der Waals surface area contributed by atoms with Crippen molar-refractivity contribution in [1.29, 1.82) is 0 Å². The molecule has 1 saturated heterocycles. The number of piperazine rings is 1. The van der Waals surface area contributed by atoms with Crippen LogP contribution in [-0.4, -0.2) is 37.1 Å². The molecule has 1 unspecified atom stereocenters. The standard InChI is InChI=1S/C14H20F2N2/c1-2-14-10-18(6-4-17-14)5-3-11-7-12(15)9-13(16)8-11/h7-9,14,17H,2-6,10H2,1H3. The third-order valence-electron chi connectivity index (χ3n) is 3.47. The molecule has 1 aliphatic heterocycles. The van der Waals surface area contributed by atoms with Crippen LogP contribution in [0.15, 0.2) is 18.2 Å². The lowest BCUT2D eigenvalue weighted by Gasteiger charge is -2.33. The summed E-state index contributed by atoms with van der Waals surface area (Å²) >= 11 is 0. The molecule has 1 N–H and O–H groups in total.